The Balaban J connectivity index is 1.93. The molecule has 2 heterocycles. The Kier molecular flexibility index (Phi) is 3.64. The molecule has 108 valence electrons. The monoisotopic (exact) mass is 309 g/mol. The molecule has 2 aromatic rings. The van der Waals surface area contributed by atoms with Gasteiger partial charge in [-0.3, -0.25) is 0 Å². The van der Waals surface area contributed by atoms with Gasteiger partial charge in [-0.05, 0) is 26.7 Å². The number of rotatable bonds is 5. The van der Waals surface area contributed by atoms with E-state index in [4.69, 9.17) is 4.98 Å². The summed E-state index contributed by atoms with van der Waals surface area (Å²) in [7, 11) is 4.07. The van der Waals surface area contributed by atoms with E-state index in [1.807, 2.05) is 14.1 Å². The summed E-state index contributed by atoms with van der Waals surface area (Å²) in [5.74, 6) is 0.625. The number of hydrogen-bond acceptors (Lipinski definition) is 7. The van der Waals surface area contributed by atoms with Crippen molar-refractivity contribution in [3.63, 3.8) is 0 Å². The van der Waals surface area contributed by atoms with E-state index in [-0.39, 0.29) is 0 Å². The lowest BCUT2D eigenvalue weighted by atomic mass is 10.2. The van der Waals surface area contributed by atoms with Crippen LogP contribution in [0.2, 0.25) is 0 Å². The molecule has 1 aliphatic rings. The third-order valence-electron chi connectivity index (χ3n) is 3.02. The number of aromatic nitrogens is 3. The van der Waals surface area contributed by atoms with Crippen LogP contribution < -0.4 is 10.2 Å². The van der Waals surface area contributed by atoms with Gasteiger partial charge in [0.25, 0.3) is 0 Å². The molecular formula is C13H19N5S2. The van der Waals surface area contributed by atoms with Gasteiger partial charge >= 0.3 is 0 Å². The predicted octanol–water partition coefficient (Wildman–Crippen LogP) is 3.43. The van der Waals surface area contributed by atoms with Crippen LogP contribution in [0.5, 0.6) is 0 Å². The van der Waals surface area contributed by atoms with E-state index in [0.717, 1.165) is 15.3 Å². The first-order valence-corrected chi connectivity index (χ1v) is 8.46. The van der Waals surface area contributed by atoms with Crippen molar-refractivity contribution >= 4 is 32.9 Å². The minimum Gasteiger partial charge on any atom is -0.358 e. The Bertz CT molecular complexity index is 598. The summed E-state index contributed by atoms with van der Waals surface area (Å²) in [6.07, 6.45) is 2.50. The first-order valence-electron chi connectivity index (χ1n) is 6.83. The lowest BCUT2D eigenvalue weighted by Gasteiger charge is -2.05. The molecule has 0 bridgehead atoms. The van der Waals surface area contributed by atoms with Crippen LogP contribution in [-0.4, -0.2) is 35.3 Å². The first kappa shape index (κ1) is 13.8. The van der Waals surface area contributed by atoms with Crippen molar-refractivity contribution in [1.29, 1.82) is 0 Å². The van der Waals surface area contributed by atoms with Crippen LogP contribution in [-0.2, 0) is 0 Å². The molecule has 0 aromatic carbocycles. The zero-order chi connectivity index (χ0) is 14.3. The largest absolute Gasteiger partial charge is 0.358 e. The highest BCUT2D eigenvalue weighted by atomic mass is 32.1. The molecule has 0 saturated heterocycles. The van der Waals surface area contributed by atoms with E-state index < -0.39 is 0 Å². The molecule has 0 atom stereocenters. The molecular weight excluding hydrogens is 290 g/mol. The summed E-state index contributed by atoms with van der Waals surface area (Å²) < 4.78 is 0. The molecule has 20 heavy (non-hydrogen) atoms. The molecule has 0 radical (unpaired) electrons. The van der Waals surface area contributed by atoms with Crippen molar-refractivity contribution in [2.45, 2.75) is 38.6 Å². The lowest BCUT2D eigenvalue weighted by Crippen LogP contribution is -2.08. The van der Waals surface area contributed by atoms with Crippen LogP contribution in [0.3, 0.4) is 0 Å². The van der Waals surface area contributed by atoms with Gasteiger partial charge in [0, 0.05) is 26.1 Å². The van der Waals surface area contributed by atoms with Crippen LogP contribution in [0, 0.1) is 0 Å². The van der Waals surface area contributed by atoms with Crippen molar-refractivity contribution in [3.8, 4) is 9.88 Å². The quantitative estimate of drug-likeness (QED) is 0.917. The summed E-state index contributed by atoms with van der Waals surface area (Å²) >= 11 is 3.33. The third-order valence-corrected chi connectivity index (χ3v) is 5.27. The standard InChI is InChI=1S/C13H19N5S2/c1-7(2)14-12-17-16-11(20-12)10-9(8-5-6-8)15-13(19-10)18(3)4/h7-8H,5-6H2,1-4H3,(H,14,17). The van der Waals surface area contributed by atoms with Gasteiger partial charge < -0.3 is 10.2 Å². The molecule has 1 aliphatic carbocycles. The first-order chi connectivity index (χ1) is 9.54. The summed E-state index contributed by atoms with van der Waals surface area (Å²) in [5, 5.41) is 14.8. The highest BCUT2D eigenvalue weighted by Gasteiger charge is 2.31. The Morgan fingerprint density at radius 1 is 1.20 bits per heavy atom. The fourth-order valence-corrected chi connectivity index (χ4v) is 3.96. The van der Waals surface area contributed by atoms with E-state index in [1.165, 1.54) is 23.4 Å². The number of nitrogens with one attached hydrogen (secondary N) is 1. The van der Waals surface area contributed by atoms with Crippen LogP contribution in [0.1, 0.15) is 38.3 Å². The van der Waals surface area contributed by atoms with Crippen LogP contribution in [0.4, 0.5) is 10.3 Å². The van der Waals surface area contributed by atoms with Gasteiger partial charge in [-0.15, -0.1) is 10.2 Å². The van der Waals surface area contributed by atoms with E-state index in [0.29, 0.717) is 12.0 Å². The van der Waals surface area contributed by atoms with Crippen molar-refractivity contribution < 1.29 is 0 Å². The zero-order valence-electron chi connectivity index (χ0n) is 12.2. The fourth-order valence-electron chi connectivity index (χ4n) is 1.92. The SMILES string of the molecule is CC(C)Nc1nnc(-c2sc(N(C)C)nc2C2CC2)s1. The molecule has 1 N–H and O–H groups in total. The summed E-state index contributed by atoms with van der Waals surface area (Å²) in [4.78, 5) is 8.04. The van der Waals surface area contributed by atoms with Crippen molar-refractivity contribution in [1.82, 2.24) is 15.2 Å². The Labute approximate surface area is 127 Å². The second-order valence-electron chi connectivity index (χ2n) is 5.59. The molecule has 3 rings (SSSR count). The third kappa shape index (κ3) is 2.78. The zero-order valence-corrected chi connectivity index (χ0v) is 13.8. The highest BCUT2D eigenvalue weighted by molar-refractivity contribution is 7.25. The fraction of sp³-hybridized carbons (Fsp3) is 0.615. The average molecular weight is 309 g/mol. The van der Waals surface area contributed by atoms with Gasteiger partial charge in [0.05, 0.1) is 10.6 Å². The van der Waals surface area contributed by atoms with Gasteiger partial charge in [0.15, 0.2) is 10.1 Å². The Morgan fingerprint density at radius 2 is 1.95 bits per heavy atom. The summed E-state index contributed by atoms with van der Waals surface area (Å²) in [6.45, 7) is 4.21. The molecule has 0 unspecified atom stereocenters. The second-order valence-corrected chi connectivity index (χ2v) is 7.55. The van der Waals surface area contributed by atoms with E-state index >= 15 is 0 Å². The lowest BCUT2D eigenvalue weighted by molar-refractivity contribution is 0.888. The number of nitrogens with zero attached hydrogens (tertiary/aromatic N) is 4. The molecule has 1 fully saturated rings. The molecule has 0 aliphatic heterocycles. The second kappa shape index (κ2) is 5.29. The average Bonchev–Trinajstić information content (AvgIpc) is 2.95. The summed E-state index contributed by atoms with van der Waals surface area (Å²) in [6, 6.07) is 0.373. The maximum atomic E-state index is 4.78. The van der Waals surface area contributed by atoms with Gasteiger partial charge in [-0.2, -0.15) is 0 Å². The maximum Gasteiger partial charge on any atom is 0.206 e. The van der Waals surface area contributed by atoms with E-state index in [2.05, 4.69) is 34.3 Å². The van der Waals surface area contributed by atoms with Gasteiger partial charge in [-0.1, -0.05) is 22.7 Å². The van der Waals surface area contributed by atoms with Crippen molar-refractivity contribution in [2.24, 2.45) is 0 Å². The minimum atomic E-state index is 0.373. The number of anilines is 2. The topological polar surface area (TPSA) is 53.9 Å². The van der Waals surface area contributed by atoms with Crippen LogP contribution >= 0.6 is 22.7 Å². The van der Waals surface area contributed by atoms with Crippen molar-refractivity contribution in [3.05, 3.63) is 5.69 Å². The van der Waals surface area contributed by atoms with Crippen molar-refractivity contribution in [2.75, 3.05) is 24.3 Å². The number of thiazole rings is 1. The normalized spacial score (nSPS) is 14.8. The van der Waals surface area contributed by atoms with Crippen LogP contribution in [0.25, 0.3) is 9.88 Å². The van der Waals surface area contributed by atoms with Gasteiger partial charge in [-0.25, -0.2) is 4.98 Å². The van der Waals surface area contributed by atoms with Crippen LogP contribution in [0.15, 0.2) is 0 Å². The van der Waals surface area contributed by atoms with Gasteiger partial charge in [0.2, 0.25) is 5.13 Å². The summed E-state index contributed by atoms with van der Waals surface area (Å²) in [5.41, 5.74) is 1.21. The van der Waals surface area contributed by atoms with E-state index in [1.54, 1.807) is 22.7 Å². The smallest absolute Gasteiger partial charge is 0.206 e. The van der Waals surface area contributed by atoms with E-state index in [9.17, 15) is 0 Å². The molecule has 2 aromatic heterocycles. The minimum absolute atomic E-state index is 0.373. The van der Waals surface area contributed by atoms with Gasteiger partial charge in [0.1, 0.15) is 0 Å². The highest BCUT2D eigenvalue weighted by Crippen LogP contribution is 2.48. The molecule has 7 heteroatoms. The Morgan fingerprint density at radius 3 is 2.55 bits per heavy atom. The molecule has 1 saturated carbocycles. The molecule has 0 amide bonds. The maximum absolute atomic E-state index is 4.78. The molecule has 0 spiro atoms. The predicted molar refractivity (Wildman–Crippen MR) is 86.1 cm³/mol. The Hall–Kier alpha value is -1.21. The number of hydrogen-bond donors (Lipinski definition) is 1. The molecule has 5 nitrogen and oxygen atoms in total.